The highest BCUT2D eigenvalue weighted by molar-refractivity contribution is 9.10. The number of benzene rings is 2. The predicted molar refractivity (Wildman–Crippen MR) is 89.6 cm³/mol. The van der Waals surface area contributed by atoms with Crippen LogP contribution in [0.25, 0.3) is 11.0 Å². The van der Waals surface area contributed by atoms with Gasteiger partial charge in [0.05, 0.1) is 18.4 Å². The Kier molecular flexibility index (Phi) is 4.16. The topological polar surface area (TPSA) is 68.5 Å². The van der Waals surface area contributed by atoms with E-state index in [-0.39, 0.29) is 11.3 Å². The molecule has 0 bridgehead atoms. The van der Waals surface area contributed by atoms with Crippen LogP contribution in [0.4, 0.5) is 5.69 Å². The van der Waals surface area contributed by atoms with Crippen LogP contribution in [0.15, 0.2) is 57.4 Å². The number of carbonyl (C=O) groups is 2. The molecule has 0 atom stereocenters. The van der Waals surface area contributed by atoms with Crippen LogP contribution in [0, 0.1) is 0 Å². The number of carbonyl (C=O) groups excluding carboxylic acids is 2. The van der Waals surface area contributed by atoms with Crippen molar-refractivity contribution in [3.05, 3.63) is 64.3 Å². The Morgan fingerprint density at radius 3 is 2.70 bits per heavy atom. The molecular formula is C17H12BrNO4. The van der Waals surface area contributed by atoms with Crippen LogP contribution >= 0.6 is 15.9 Å². The number of amides is 1. The van der Waals surface area contributed by atoms with E-state index in [2.05, 4.69) is 21.2 Å². The van der Waals surface area contributed by atoms with Crippen LogP contribution in [0.3, 0.4) is 0 Å². The minimum Gasteiger partial charge on any atom is -0.465 e. The molecule has 0 aliphatic rings. The largest absolute Gasteiger partial charge is 0.465 e. The summed E-state index contributed by atoms with van der Waals surface area (Å²) in [5.74, 6) is -0.791. The van der Waals surface area contributed by atoms with Gasteiger partial charge in [-0.25, -0.2) is 4.79 Å². The molecule has 0 radical (unpaired) electrons. The maximum absolute atomic E-state index is 12.4. The van der Waals surface area contributed by atoms with E-state index >= 15 is 0 Å². The molecule has 1 heterocycles. The summed E-state index contributed by atoms with van der Waals surface area (Å²) in [5.41, 5.74) is 1.26. The number of hydrogen-bond acceptors (Lipinski definition) is 4. The van der Waals surface area contributed by atoms with Gasteiger partial charge in [-0.15, -0.1) is 0 Å². The van der Waals surface area contributed by atoms with Crippen molar-refractivity contribution in [2.24, 2.45) is 0 Å². The number of para-hydroxylation sites is 1. The minimum atomic E-state index is -0.519. The number of halogens is 1. The Labute approximate surface area is 140 Å². The van der Waals surface area contributed by atoms with Crippen molar-refractivity contribution in [2.45, 2.75) is 0 Å². The van der Waals surface area contributed by atoms with E-state index in [1.54, 1.807) is 36.4 Å². The normalized spacial score (nSPS) is 10.5. The number of esters is 1. The summed E-state index contributed by atoms with van der Waals surface area (Å²) in [6.07, 6.45) is 0. The van der Waals surface area contributed by atoms with Gasteiger partial charge in [0.25, 0.3) is 5.91 Å². The smallest absolute Gasteiger partial charge is 0.339 e. The van der Waals surface area contributed by atoms with Gasteiger partial charge < -0.3 is 14.5 Å². The Morgan fingerprint density at radius 1 is 1.13 bits per heavy atom. The molecule has 0 fully saturated rings. The summed E-state index contributed by atoms with van der Waals surface area (Å²) in [5, 5.41) is 3.48. The second-order valence-electron chi connectivity index (χ2n) is 4.78. The molecule has 23 heavy (non-hydrogen) atoms. The lowest BCUT2D eigenvalue weighted by molar-refractivity contribution is 0.0602. The van der Waals surface area contributed by atoms with Crippen molar-refractivity contribution in [2.75, 3.05) is 12.4 Å². The number of rotatable bonds is 3. The van der Waals surface area contributed by atoms with E-state index in [4.69, 9.17) is 9.15 Å². The monoisotopic (exact) mass is 373 g/mol. The molecule has 0 spiro atoms. The number of hydrogen-bond donors (Lipinski definition) is 1. The number of ether oxygens (including phenoxy) is 1. The molecule has 5 nitrogen and oxygen atoms in total. The zero-order chi connectivity index (χ0) is 16.4. The molecule has 0 saturated carbocycles. The fourth-order valence-corrected chi connectivity index (χ4v) is 2.57. The van der Waals surface area contributed by atoms with Gasteiger partial charge >= 0.3 is 5.97 Å². The maximum Gasteiger partial charge on any atom is 0.339 e. The summed E-state index contributed by atoms with van der Waals surface area (Å²) in [6.45, 7) is 0. The molecule has 3 aromatic rings. The Hall–Kier alpha value is -2.60. The number of nitrogens with one attached hydrogen (secondary N) is 1. The van der Waals surface area contributed by atoms with E-state index < -0.39 is 11.9 Å². The Bertz CT molecular complexity index is 900. The summed E-state index contributed by atoms with van der Waals surface area (Å²) in [6, 6.07) is 13.7. The third kappa shape index (κ3) is 3.12. The molecule has 0 aliphatic carbocycles. The van der Waals surface area contributed by atoms with E-state index in [9.17, 15) is 9.59 Å². The summed E-state index contributed by atoms with van der Waals surface area (Å²) < 4.78 is 11.1. The van der Waals surface area contributed by atoms with Gasteiger partial charge in [-0.05, 0) is 36.4 Å². The molecule has 0 unspecified atom stereocenters. The molecule has 1 aromatic heterocycles. The zero-order valence-electron chi connectivity index (χ0n) is 12.1. The first kappa shape index (κ1) is 15.3. The van der Waals surface area contributed by atoms with Crippen molar-refractivity contribution in [3.8, 4) is 0 Å². The summed E-state index contributed by atoms with van der Waals surface area (Å²) in [7, 11) is 1.29. The Balaban J connectivity index is 1.90. The number of anilines is 1. The molecule has 116 valence electrons. The van der Waals surface area contributed by atoms with Crippen LogP contribution in [0.5, 0.6) is 0 Å². The first-order valence-electron chi connectivity index (χ1n) is 6.76. The molecule has 0 aliphatic heterocycles. The first-order chi connectivity index (χ1) is 11.1. The lowest BCUT2D eigenvalue weighted by Gasteiger charge is -2.08. The van der Waals surface area contributed by atoms with Crippen molar-refractivity contribution in [1.29, 1.82) is 0 Å². The second kappa shape index (κ2) is 6.26. The van der Waals surface area contributed by atoms with Crippen LogP contribution in [-0.4, -0.2) is 19.0 Å². The SMILES string of the molecule is COC(=O)c1ccccc1NC(=O)c1cc2cc(Br)ccc2o1. The molecule has 2 aromatic carbocycles. The van der Waals surface area contributed by atoms with Crippen LogP contribution < -0.4 is 5.32 Å². The lowest BCUT2D eigenvalue weighted by atomic mass is 10.1. The van der Waals surface area contributed by atoms with Crippen molar-refractivity contribution in [3.63, 3.8) is 0 Å². The Morgan fingerprint density at radius 2 is 1.91 bits per heavy atom. The highest BCUT2D eigenvalue weighted by atomic mass is 79.9. The van der Waals surface area contributed by atoms with E-state index in [1.165, 1.54) is 7.11 Å². The van der Waals surface area contributed by atoms with Crippen molar-refractivity contribution < 1.29 is 18.7 Å². The van der Waals surface area contributed by atoms with Crippen molar-refractivity contribution >= 4 is 44.5 Å². The van der Waals surface area contributed by atoms with Gasteiger partial charge in [0.2, 0.25) is 0 Å². The quantitative estimate of drug-likeness (QED) is 0.697. The van der Waals surface area contributed by atoms with Crippen LogP contribution in [0.1, 0.15) is 20.9 Å². The molecule has 1 amide bonds. The van der Waals surface area contributed by atoms with E-state index in [1.807, 2.05) is 12.1 Å². The van der Waals surface area contributed by atoms with Gasteiger partial charge in [0.15, 0.2) is 5.76 Å². The second-order valence-corrected chi connectivity index (χ2v) is 5.70. The van der Waals surface area contributed by atoms with Crippen LogP contribution in [-0.2, 0) is 4.74 Å². The number of fused-ring (bicyclic) bond motifs is 1. The van der Waals surface area contributed by atoms with Crippen molar-refractivity contribution in [1.82, 2.24) is 0 Å². The summed E-state index contributed by atoms with van der Waals surface area (Å²) >= 11 is 3.37. The minimum absolute atomic E-state index is 0.165. The van der Waals surface area contributed by atoms with Gasteiger partial charge in [-0.1, -0.05) is 28.1 Å². The molecule has 1 N–H and O–H groups in total. The fourth-order valence-electron chi connectivity index (χ4n) is 2.19. The highest BCUT2D eigenvalue weighted by Crippen LogP contribution is 2.24. The molecular weight excluding hydrogens is 362 g/mol. The van der Waals surface area contributed by atoms with Gasteiger partial charge in [-0.2, -0.15) is 0 Å². The van der Waals surface area contributed by atoms with Gasteiger partial charge in [0, 0.05) is 9.86 Å². The average molecular weight is 374 g/mol. The molecule has 0 saturated heterocycles. The predicted octanol–water partition coefficient (Wildman–Crippen LogP) is 4.23. The standard InChI is InChI=1S/C17H12BrNO4/c1-22-17(21)12-4-2-3-5-13(12)19-16(20)15-9-10-8-11(18)6-7-14(10)23-15/h2-9H,1H3,(H,19,20). The van der Waals surface area contributed by atoms with Gasteiger partial charge in [0.1, 0.15) is 5.58 Å². The van der Waals surface area contributed by atoms with Gasteiger partial charge in [-0.3, -0.25) is 4.79 Å². The number of methoxy groups -OCH3 is 1. The fraction of sp³-hybridized carbons (Fsp3) is 0.0588. The maximum atomic E-state index is 12.4. The average Bonchev–Trinajstić information content (AvgIpc) is 2.98. The summed E-state index contributed by atoms with van der Waals surface area (Å²) in [4.78, 5) is 24.1. The first-order valence-corrected chi connectivity index (χ1v) is 7.55. The van der Waals surface area contributed by atoms with Crippen LogP contribution in [0.2, 0.25) is 0 Å². The third-order valence-electron chi connectivity index (χ3n) is 3.28. The third-order valence-corrected chi connectivity index (χ3v) is 3.78. The zero-order valence-corrected chi connectivity index (χ0v) is 13.7. The molecule has 6 heteroatoms. The number of furan rings is 1. The van der Waals surface area contributed by atoms with E-state index in [0.717, 1.165) is 9.86 Å². The lowest BCUT2D eigenvalue weighted by Crippen LogP contribution is -2.14. The highest BCUT2D eigenvalue weighted by Gasteiger charge is 2.17. The van der Waals surface area contributed by atoms with E-state index in [0.29, 0.717) is 11.3 Å². The molecule has 3 rings (SSSR count).